The van der Waals surface area contributed by atoms with Gasteiger partial charge in [-0.15, -0.1) is 4.89 Å². The number of aliphatic hydroxyl groups is 8. The second kappa shape index (κ2) is 65.9. The van der Waals surface area contributed by atoms with E-state index in [1.54, 1.807) is 74.4 Å². The molecule has 1 atom stereocenters. The van der Waals surface area contributed by atoms with Crippen LogP contribution in [0.3, 0.4) is 0 Å². The van der Waals surface area contributed by atoms with E-state index in [9.17, 15) is 9.59 Å². The van der Waals surface area contributed by atoms with E-state index in [2.05, 4.69) is 20.1 Å². The molecule has 1 aromatic carbocycles. The SMILES string of the molecule is C=C(C)C(=O)OCC(CCCCCCCCC)(OOC(=O)C(=C)C)Oc1ccccc1.CCO.CCO.CCO.CCO.CCO.CCO.CCO.CCO. The minimum atomic E-state index is -1.49. The number of benzene rings is 1. The summed E-state index contributed by atoms with van der Waals surface area (Å²) in [6, 6.07) is 8.99. The van der Waals surface area contributed by atoms with Crippen molar-refractivity contribution in [3.63, 3.8) is 0 Å². The summed E-state index contributed by atoms with van der Waals surface area (Å²) >= 11 is 0. The first-order chi connectivity index (χ1) is 26.1. The van der Waals surface area contributed by atoms with Crippen molar-refractivity contribution in [1.82, 2.24) is 0 Å². The van der Waals surface area contributed by atoms with E-state index in [1.165, 1.54) is 26.2 Å². The summed E-state index contributed by atoms with van der Waals surface area (Å²) in [4.78, 5) is 34.4. The van der Waals surface area contributed by atoms with Crippen molar-refractivity contribution >= 4 is 11.9 Å². The maximum atomic E-state index is 12.0. The lowest BCUT2D eigenvalue weighted by Crippen LogP contribution is -2.45. The van der Waals surface area contributed by atoms with E-state index < -0.39 is 17.7 Å². The van der Waals surface area contributed by atoms with Gasteiger partial charge in [0.05, 0.1) is 0 Å². The van der Waals surface area contributed by atoms with Crippen LogP contribution in [0.4, 0.5) is 0 Å². The highest BCUT2D eigenvalue weighted by molar-refractivity contribution is 5.87. The predicted octanol–water partition coefficient (Wildman–Crippen LogP) is 6.06. The number of aliphatic hydroxyl groups excluding tert-OH is 8. The smallest absolute Gasteiger partial charge is 0.368 e. The third kappa shape index (κ3) is 76.6. The summed E-state index contributed by atoms with van der Waals surface area (Å²) in [5, 5.41) is 60.6. The van der Waals surface area contributed by atoms with E-state index in [4.69, 9.17) is 60.1 Å². The van der Waals surface area contributed by atoms with Crippen molar-refractivity contribution in [3.8, 4) is 5.75 Å². The van der Waals surface area contributed by atoms with Gasteiger partial charge in [0.2, 0.25) is 0 Å². The maximum Gasteiger partial charge on any atom is 0.368 e. The Bertz CT molecular complexity index is 799. The number of hydrogen-bond acceptors (Lipinski definition) is 14. The molecule has 0 aliphatic carbocycles. The van der Waals surface area contributed by atoms with Gasteiger partial charge < -0.3 is 50.3 Å². The molecule has 55 heavy (non-hydrogen) atoms. The summed E-state index contributed by atoms with van der Waals surface area (Å²) in [5.74, 6) is -2.27. The maximum absolute atomic E-state index is 12.0. The van der Waals surface area contributed by atoms with Crippen LogP contribution in [0.5, 0.6) is 5.75 Å². The van der Waals surface area contributed by atoms with Crippen LogP contribution in [0.1, 0.15) is 128 Å². The number of ether oxygens (including phenoxy) is 2. The summed E-state index contributed by atoms with van der Waals surface area (Å²) in [6.07, 6.45) is 7.95. The van der Waals surface area contributed by atoms with Crippen LogP contribution in [0.15, 0.2) is 54.6 Å². The molecule has 0 heterocycles. The Morgan fingerprint density at radius 1 is 0.545 bits per heavy atom. The molecule has 1 rings (SSSR count). The van der Waals surface area contributed by atoms with Gasteiger partial charge in [-0.3, -0.25) is 4.89 Å². The Kier molecular flexibility index (Phi) is 83.8. The van der Waals surface area contributed by atoms with Gasteiger partial charge in [0.1, 0.15) is 5.75 Å². The fraction of sp³-hybridized carbons (Fsp3) is 0.707. The van der Waals surface area contributed by atoms with Gasteiger partial charge >= 0.3 is 11.9 Å². The molecular weight excluding hydrogens is 716 g/mol. The zero-order chi connectivity index (χ0) is 44.8. The number of para-hydroxylation sites is 1. The van der Waals surface area contributed by atoms with Gasteiger partial charge in [-0.25, -0.2) is 9.59 Å². The highest BCUT2D eigenvalue weighted by atomic mass is 17.2. The topological polar surface area (TPSA) is 233 Å². The van der Waals surface area contributed by atoms with Crippen molar-refractivity contribution in [3.05, 3.63) is 54.6 Å². The van der Waals surface area contributed by atoms with Gasteiger partial charge in [-0.05, 0) is 87.8 Å². The Morgan fingerprint density at radius 2 is 0.873 bits per heavy atom. The molecule has 0 saturated heterocycles. The molecule has 0 spiro atoms. The summed E-state index contributed by atoms with van der Waals surface area (Å²) in [6.45, 7) is 27.6. The first-order valence-electron chi connectivity index (χ1n) is 19.1. The molecule has 0 radical (unpaired) electrons. The molecule has 1 unspecified atom stereocenters. The highest BCUT2D eigenvalue weighted by Crippen LogP contribution is 2.27. The number of carbonyl (C=O) groups is 2. The summed E-state index contributed by atoms with van der Waals surface area (Å²) in [5.41, 5.74) is 0.437. The van der Waals surface area contributed by atoms with Crippen LogP contribution < -0.4 is 4.74 Å². The molecule has 0 amide bonds. The summed E-state index contributed by atoms with van der Waals surface area (Å²) < 4.78 is 11.4. The third-order valence-electron chi connectivity index (χ3n) is 4.60. The Balaban J connectivity index is -0.000000125. The highest BCUT2D eigenvalue weighted by Gasteiger charge is 2.39. The molecule has 332 valence electrons. The van der Waals surface area contributed by atoms with Crippen LogP contribution in [0, 0.1) is 0 Å². The summed E-state index contributed by atoms with van der Waals surface area (Å²) in [7, 11) is 0. The molecule has 0 fully saturated rings. The first kappa shape index (κ1) is 69.9. The lowest BCUT2D eigenvalue weighted by molar-refractivity contribution is -0.391. The van der Waals surface area contributed by atoms with E-state index >= 15 is 0 Å². The van der Waals surface area contributed by atoms with Crippen molar-refractivity contribution < 1.29 is 69.7 Å². The molecule has 1 aromatic rings. The van der Waals surface area contributed by atoms with Crippen molar-refractivity contribution in [2.45, 2.75) is 133 Å². The third-order valence-corrected chi connectivity index (χ3v) is 4.60. The number of esters is 1. The number of carbonyl (C=O) groups excluding carboxylic acids is 2. The van der Waals surface area contributed by atoms with E-state index in [-0.39, 0.29) is 70.6 Å². The van der Waals surface area contributed by atoms with Gasteiger partial charge in [0.15, 0.2) is 6.61 Å². The Labute approximate surface area is 334 Å². The van der Waals surface area contributed by atoms with Crippen LogP contribution in [0.2, 0.25) is 0 Å². The van der Waals surface area contributed by atoms with Crippen LogP contribution in [-0.2, 0) is 24.1 Å². The molecule has 8 N–H and O–H groups in total. The lowest BCUT2D eigenvalue weighted by Gasteiger charge is -2.31. The average Bonchev–Trinajstić information content (AvgIpc) is 3.12. The molecule has 0 saturated carbocycles. The van der Waals surface area contributed by atoms with Crippen molar-refractivity contribution in [2.24, 2.45) is 0 Å². The average molecular weight is 801 g/mol. The second-order valence-corrected chi connectivity index (χ2v) is 10.3. The van der Waals surface area contributed by atoms with Crippen LogP contribution in [0.25, 0.3) is 0 Å². The van der Waals surface area contributed by atoms with E-state index in [0.717, 1.165) is 25.7 Å². The fourth-order valence-corrected chi connectivity index (χ4v) is 2.77. The normalized spacial score (nSPS) is 9.65. The molecular formula is C41H84O14. The van der Waals surface area contributed by atoms with Crippen molar-refractivity contribution in [2.75, 3.05) is 59.5 Å². The largest absolute Gasteiger partial charge is 0.455 e. The van der Waals surface area contributed by atoms with Gasteiger partial charge in [0, 0.05) is 70.4 Å². The molecule has 0 aliphatic heterocycles. The Morgan fingerprint density at radius 3 is 1.20 bits per heavy atom. The van der Waals surface area contributed by atoms with E-state index in [1.807, 2.05) is 18.2 Å². The first-order valence-corrected chi connectivity index (χ1v) is 19.1. The standard InChI is InChI=1S/C25H36O6.8C2H6O/c1-6-7-8-9-10-11-15-18-25(19-28-23(26)20(2)3,31-30-24(27)21(4)5)29-22-16-13-12-14-17-22;8*1-2-3/h12-14,16-17H,2,4,6-11,15,18-19H2,1,3,5H3;8*3H,2H2,1H3. The van der Waals surface area contributed by atoms with Gasteiger partial charge in [-0.2, -0.15) is 0 Å². The fourth-order valence-electron chi connectivity index (χ4n) is 2.77. The quantitative estimate of drug-likeness (QED) is 0.0237. The van der Waals surface area contributed by atoms with Crippen LogP contribution >= 0.6 is 0 Å². The van der Waals surface area contributed by atoms with Gasteiger partial charge in [-0.1, -0.05) is 76.8 Å². The molecule has 0 aromatic heterocycles. The number of rotatable bonds is 16. The second-order valence-electron chi connectivity index (χ2n) is 10.3. The molecule has 14 nitrogen and oxygen atoms in total. The molecule has 0 bridgehead atoms. The minimum Gasteiger partial charge on any atom is -0.455 e. The zero-order valence-electron chi connectivity index (χ0n) is 36.3. The molecule has 0 aliphatic rings. The zero-order valence-corrected chi connectivity index (χ0v) is 36.3. The van der Waals surface area contributed by atoms with Crippen molar-refractivity contribution in [1.29, 1.82) is 0 Å². The Hall–Kier alpha value is -2.92. The minimum absolute atomic E-state index is 0.184. The number of unbranched alkanes of at least 4 members (excludes halogenated alkanes) is 6. The lowest BCUT2D eigenvalue weighted by atomic mass is 10.0. The van der Waals surface area contributed by atoms with Crippen LogP contribution in [-0.4, -0.2) is 118 Å². The van der Waals surface area contributed by atoms with E-state index in [0.29, 0.717) is 12.2 Å². The monoisotopic (exact) mass is 801 g/mol. The predicted molar refractivity (Wildman–Crippen MR) is 222 cm³/mol. The number of hydrogen-bond donors (Lipinski definition) is 8. The molecule has 14 heteroatoms. The van der Waals surface area contributed by atoms with Gasteiger partial charge in [0.25, 0.3) is 5.79 Å².